The Balaban J connectivity index is 1.59. The predicted molar refractivity (Wildman–Crippen MR) is 104 cm³/mol. The lowest BCUT2D eigenvalue weighted by atomic mass is 9.80. The highest BCUT2D eigenvalue weighted by molar-refractivity contribution is 6.58. The topological polar surface area (TPSA) is 81.1 Å². The molecule has 1 heterocycles. The molecule has 0 spiro atoms. The molecule has 27 heavy (non-hydrogen) atoms. The number of aryl methyl sites for hydroxylation is 1. The van der Waals surface area contributed by atoms with E-state index in [1.807, 2.05) is 24.3 Å². The van der Waals surface area contributed by atoms with E-state index in [0.29, 0.717) is 42.8 Å². The number of amides is 2. The fraction of sp³-hybridized carbons (Fsp3) is 0.300. The van der Waals surface area contributed by atoms with Crippen LogP contribution in [0, 0.1) is 0 Å². The second-order valence-corrected chi connectivity index (χ2v) is 6.63. The fourth-order valence-electron chi connectivity index (χ4n) is 3.16. The molecule has 2 amide bonds. The summed E-state index contributed by atoms with van der Waals surface area (Å²) in [7, 11) is -1.55. The Morgan fingerprint density at radius 2 is 1.22 bits per heavy atom. The standard InChI is InChI=1S/C20H23BN2O4/c1-2-15-3-5-16(6-4-15)19(24)22-11-13-23(14-12-22)20(25)17-7-9-18(10-8-17)21(26)27/h3-10,26-27H,2,11-14H2,1H3. The number of rotatable bonds is 4. The first-order valence-corrected chi connectivity index (χ1v) is 9.13. The lowest BCUT2D eigenvalue weighted by Crippen LogP contribution is -2.50. The van der Waals surface area contributed by atoms with Crippen molar-refractivity contribution in [1.82, 2.24) is 9.80 Å². The highest BCUT2D eigenvalue weighted by atomic mass is 16.4. The Bertz CT molecular complexity index is 798. The van der Waals surface area contributed by atoms with Crippen LogP contribution in [0.3, 0.4) is 0 Å². The third kappa shape index (κ3) is 4.38. The van der Waals surface area contributed by atoms with Crippen molar-refractivity contribution >= 4 is 24.4 Å². The molecule has 0 aromatic heterocycles. The van der Waals surface area contributed by atoms with Crippen molar-refractivity contribution in [3.05, 3.63) is 65.2 Å². The average molecular weight is 366 g/mol. The van der Waals surface area contributed by atoms with Crippen LogP contribution in [0.15, 0.2) is 48.5 Å². The molecule has 0 saturated carbocycles. The number of hydrogen-bond acceptors (Lipinski definition) is 4. The minimum absolute atomic E-state index is 0.00830. The van der Waals surface area contributed by atoms with Crippen molar-refractivity contribution in [3.8, 4) is 0 Å². The van der Waals surface area contributed by atoms with E-state index in [4.69, 9.17) is 10.0 Å². The van der Waals surface area contributed by atoms with Gasteiger partial charge in [-0.05, 0) is 41.7 Å². The van der Waals surface area contributed by atoms with Gasteiger partial charge in [0.15, 0.2) is 0 Å². The maximum atomic E-state index is 12.6. The third-order valence-electron chi connectivity index (χ3n) is 4.92. The molecule has 7 heteroatoms. The number of benzene rings is 2. The molecule has 0 radical (unpaired) electrons. The lowest BCUT2D eigenvalue weighted by Gasteiger charge is -2.35. The van der Waals surface area contributed by atoms with E-state index in [0.717, 1.165) is 6.42 Å². The second kappa shape index (κ2) is 8.37. The van der Waals surface area contributed by atoms with Gasteiger partial charge in [0.1, 0.15) is 0 Å². The van der Waals surface area contributed by atoms with Crippen molar-refractivity contribution in [2.75, 3.05) is 26.2 Å². The molecule has 3 rings (SSSR count). The van der Waals surface area contributed by atoms with Gasteiger partial charge in [-0.2, -0.15) is 0 Å². The highest BCUT2D eigenvalue weighted by Crippen LogP contribution is 2.13. The number of nitrogens with zero attached hydrogens (tertiary/aromatic N) is 2. The van der Waals surface area contributed by atoms with Gasteiger partial charge < -0.3 is 19.8 Å². The van der Waals surface area contributed by atoms with Crippen LogP contribution in [0.25, 0.3) is 0 Å². The Morgan fingerprint density at radius 1 is 0.815 bits per heavy atom. The summed E-state index contributed by atoms with van der Waals surface area (Å²) in [6, 6.07) is 13.9. The first-order chi connectivity index (χ1) is 13.0. The Labute approximate surface area is 159 Å². The van der Waals surface area contributed by atoms with E-state index in [1.165, 1.54) is 17.7 Å². The Hall–Kier alpha value is -2.64. The van der Waals surface area contributed by atoms with Gasteiger partial charge in [-0.1, -0.05) is 31.2 Å². The molecule has 2 aromatic carbocycles. The van der Waals surface area contributed by atoms with E-state index in [9.17, 15) is 9.59 Å². The van der Waals surface area contributed by atoms with Crippen LogP contribution >= 0.6 is 0 Å². The largest absolute Gasteiger partial charge is 0.488 e. The molecular formula is C20H23BN2O4. The molecule has 0 atom stereocenters. The zero-order valence-corrected chi connectivity index (χ0v) is 15.3. The van der Waals surface area contributed by atoms with E-state index in [1.54, 1.807) is 21.9 Å². The molecule has 1 fully saturated rings. The Kier molecular flexibility index (Phi) is 5.93. The van der Waals surface area contributed by atoms with Gasteiger partial charge in [-0.25, -0.2) is 0 Å². The number of carbonyl (C=O) groups is 2. The molecular weight excluding hydrogens is 343 g/mol. The minimum atomic E-state index is -1.55. The predicted octanol–water partition coefficient (Wildman–Crippen LogP) is 0.527. The maximum Gasteiger partial charge on any atom is 0.488 e. The lowest BCUT2D eigenvalue weighted by molar-refractivity contribution is 0.0535. The van der Waals surface area contributed by atoms with Gasteiger partial charge in [0.05, 0.1) is 0 Å². The summed E-state index contributed by atoms with van der Waals surface area (Å²) in [6.07, 6.45) is 0.938. The maximum absolute atomic E-state index is 12.6. The molecule has 1 saturated heterocycles. The quantitative estimate of drug-likeness (QED) is 0.774. The first kappa shape index (κ1) is 19.1. The molecule has 1 aliphatic heterocycles. The summed E-state index contributed by atoms with van der Waals surface area (Å²) in [5, 5.41) is 18.3. The zero-order chi connectivity index (χ0) is 19.4. The van der Waals surface area contributed by atoms with E-state index in [-0.39, 0.29) is 11.8 Å². The van der Waals surface area contributed by atoms with Gasteiger partial charge in [0.25, 0.3) is 11.8 Å². The fourth-order valence-corrected chi connectivity index (χ4v) is 3.16. The molecule has 1 aliphatic rings. The van der Waals surface area contributed by atoms with Gasteiger partial charge in [0, 0.05) is 37.3 Å². The molecule has 6 nitrogen and oxygen atoms in total. The minimum Gasteiger partial charge on any atom is -0.423 e. The van der Waals surface area contributed by atoms with E-state index in [2.05, 4.69) is 6.92 Å². The van der Waals surface area contributed by atoms with Gasteiger partial charge in [-0.15, -0.1) is 0 Å². The molecule has 2 N–H and O–H groups in total. The van der Waals surface area contributed by atoms with Crippen LogP contribution in [0.2, 0.25) is 0 Å². The Morgan fingerprint density at radius 3 is 1.59 bits per heavy atom. The second-order valence-electron chi connectivity index (χ2n) is 6.63. The van der Waals surface area contributed by atoms with Crippen LogP contribution < -0.4 is 5.46 Å². The number of hydrogen-bond donors (Lipinski definition) is 2. The summed E-state index contributed by atoms with van der Waals surface area (Å²) in [6.45, 7) is 4.01. The summed E-state index contributed by atoms with van der Waals surface area (Å²) >= 11 is 0. The molecule has 2 aromatic rings. The van der Waals surface area contributed by atoms with E-state index >= 15 is 0 Å². The van der Waals surface area contributed by atoms with Gasteiger partial charge >= 0.3 is 7.12 Å². The van der Waals surface area contributed by atoms with Crippen molar-refractivity contribution in [2.45, 2.75) is 13.3 Å². The van der Waals surface area contributed by atoms with Gasteiger partial charge in [-0.3, -0.25) is 9.59 Å². The third-order valence-corrected chi connectivity index (χ3v) is 4.92. The van der Waals surface area contributed by atoms with Crippen LogP contribution in [-0.2, 0) is 6.42 Å². The summed E-state index contributed by atoms with van der Waals surface area (Å²) in [5.74, 6) is -0.126. The van der Waals surface area contributed by atoms with Crippen molar-refractivity contribution in [2.24, 2.45) is 0 Å². The average Bonchev–Trinajstić information content (AvgIpc) is 2.73. The van der Waals surface area contributed by atoms with Crippen LogP contribution in [0.4, 0.5) is 0 Å². The van der Waals surface area contributed by atoms with Crippen LogP contribution in [-0.4, -0.2) is 65.0 Å². The molecule has 0 bridgehead atoms. The summed E-state index contributed by atoms with van der Waals surface area (Å²) in [4.78, 5) is 28.7. The zero-order valence-electron chi connectivity index (χ0n) is 15.3. The molecule has 0 aliphatic carbocycles. The number of carbonyl (C=O) groups excluding carboxylic acids is 2. The van der Waals surface area contributed by atoms with Crippen molar-refractivity contribution < 1.29 is 19.6 Å². The summed E-state index contributed by atoms with van der Waals surface area (Å²) < 4.78 is 0. The smallest absolute Gasteiger partial charge is 0.423 e. The van der Waals surface area contributed by atoms with Crippen molar-refractivity contribution in [1.29, 1.82) is 0 Å². The van der Waals surface area contributed by atoms with Crippen LogP contribution in [0.1, 0.15) is 33.2 Å². The highest BCUT2D eigenvalue weighted by Gasteiger charge is 2.25. The van der Waals surface area contributed by atoms with Crippen molar-refractivity contribution in [3.63, 3.8) is 0 Å². The van der Waals surface area contributed by atoms with E-state index < -0.39 is 7.12 Å². The van der Waals surface area contributed by atoms with Crippen LogP contribution in [0.5, 0.6) is 0 Å². The first-order valence-electron chi connectivity index (χ1n) is 9.13. The normalized spacial score (nSPS) is 14.2. The molecule has 0 unspecified atom stereocenters. The summed E-state index contributed by atoms with van der Waals surface area (Å²) in [5.41, 5.74) is 2.71. The SMILES string of the molecule is CCc1ccc(C(=O)N2CCN(C(=O)c3ccc(B(O)O)cc3)CC2)cc1. The van der Waals surface area contributed by atoms with Gasteiger partial charge in [0.2, 0.25) is 0 Å². The molecule has 140 valence electrons. The monoisotopic (exact) mass is 366 g/mol. The number of piperazine rings is 1.